The van der Waals surface area contributed by atoms with E-state index in [0.717, 1.165) is 16.5 Å². The van der Waals surface area contributed by atoms with E-state index < -0.39 is 11.9 Å². The molecule has 7 nitrogen and oxygen atoms in total. The lowest BCUT2D eigenvalue weighted by atomic mass is 9.83. The zero-order valence-electron chi connectivity index (χ0n) is 22.2. The Labute approximate surface area is 251 Å². The monoisotopic (exact) mass is 596 g/mol. The summed E-state index contributed by atoms with van der Waals surface area (Å²) in [5, 5.41) is 11.8. The summed E-state index contributed by atoms with van der Waals surface area (Å²) in [6.45, 7) is 2.15. The number of nitrogens with zero attached hydrogens (tertiary/aromatic N) is 1. The van der Waals surface area contributed by atoms with Crippen molar-refractivity contribution < 1.29 is 23.4 Å². The molecule has 1 aliphatic heterocycles. The van der Waals surface area contributed by atoms with E-state index in [1.54, 1.807) is 43.3 Å². The van der Waals surface area contributed by atoms with Crippen molar-refractivity contribution >= 4 is 40.1 Å². The molecule has 0 bridgehead atoms. The molecule has 0 aliphatic carbocycles. The highest BCUT2D eigenvalue weighted by atomic mass is 35.5. The molecule has 1 atom stereocenters. The van der Waals surface area contributed by atoms with E-state index in [0.29, 0.717) is 44.9 Å². The van der Waals surface area contributed by atoms with Crippen molar-refractivity contribution in [3.63, 3.8) is 0 Å². The van der Waals surface area contributed by atoms with Gasteiger partial charge in [-0.1, -0.05) is 53.5 Å². The second-order valence-electron chi connectivity index (χ2n) is 9.69. The number of allylic oxidation sites excluding steroid dienone is 1. The van der Waals surface area contributed by atoms with Crippen LogP contribution in [0.1, 0.15) is 38.7 Å². The number of hydrogen-bond acceptors (Lipinski definition) is 7. The number of benzene rings is 4. The number of nitrogens with two attached hydrogens (primary N) is 1. The van der Waals surface area contributed by atoms with E-state index >= 15 is 0 Å². The van der Waals surface area contributed by atoms with E-state index in [9.17, 15) is 10.1 Å². The number of carbonyl (C=O) groups is 1. The fourth-order valence-corrected chi connectivity index (χ4v) is 5.19. The third-order valence-corrected chi connectivity index (χ3v) is 7.50. The van der Waals surface area contributed by atoms with E-state index in [1.165, 1.54) is 0 Å². The molecule has 0 amide bonds. The smallest absolute Gasteiger partial charge is 0.379 e. The lowest BCUT2D eigenvalue weighted by Crippen LogP contribution is -2.21. The Bertz CT molecular complexity index is 1900. The molecule has 9 heteroatoms. The average molecular weight is 597 g/mol. The molecule has 1 unspecified atom stereocenters. The first kappa shape index (κ1) is 27.3. The van der Waals surface area contributed by atoms with Crippen LogP contribution in [0.25, 0.3) is 11.0 Å². The Morgan fingerprint density at radius 1 is 0.952 bits per heavy atom. The van der Waals surface area contributed by atoms with Gasteiger partial charge >= 0.3 is 5.97 Å². The third kappa shape index (κ3) is 5.26. The standard InChI is InChI=1S/C33H22Cl2N2O5/c1-18-26-14-22(35)8-13-28(26)41-31(18)33(38)40-24-11-12-25-29(15-24)42-32(37)27(16-36)30(25)20-4-9-23(10-5-20)39-17-19-2-6-21(34)7-3-19/h2-15,30H,17,37H2,1H3. The van der Waals surface area contributed by atoms with Crippen LogP contribution < -0.4 is 19.9 Å². The van der Waals surface area contributed by atoms with Crippen molar-refractivity contribution in [1.82, 2.24) is 0 Å². The SMILES string of the molecule is Cc1c(C(=O)Oc2ccc3c(c2)OC(N)=C(C#N)C3c2ccc(OCc3ccc(Cl)cc3)cc2)oc2ccc(Cl)cc12. The zero-order chi connectivity index (χ0) is 29.4. The van der Waals surface area contributed by atoms with Crippen molar-refractivity contribution in [2.24, 2.45) is 5.73 Å². The predicted octanol–water partition coefficient (Wildman–Crippen LogP) is 8.06. The van der Waals surface area contributed by atoms with Crippen LogP contribution in [0, 0.1) is 18.3 Å². The molecule has 1 aliphatic rings. The Morgan fingerprint density at radius 3 is 2.40 bits per heavy atom. The first-order valence-electron chi connectivity index (χ1n) is 12.9. The summed E-state index contributed by atoms with van der Waals surface area (Å²) in [4.78, 5) is 13.0. The van der Waals surface area contributed by atoms with Gasteiger partial charge in [-0.15, -0.1) is 0 Å². The molecular weight excluding hydrogens is 575 g/mol. The molecule has 6 rings (SSSR count). The topological polar surface area (TPSA) is 108 Å². The van der Waals surface area contributed by atoms with Gasteiger partial charge in [0.15, 0.2) is 0 Å². The summed E-state index contributed by atoms with van der Waals surface area (Å²) in [6.07, 6.45) is 0. The molecule has 0 saturated heterocycles. The number of aryl methyl sites for hydroxylation is 1. The lowest BCUT2D eigenvalue weighted by Gasteiger charge is -2.26. The maximum atomic E-state index is 13.0. The number of furan rings is 1. The third-order valence-electron chi connectivity index (χ3n) is 7.02. The fourth-order valence-electron chi connectivity index (χ4n) is 4.89. The number of halogens is 2. The quantitative estimate of drug-likeness (QED) is 0.156. The van der Waals surface area contributed by atoms with Gasteiger partial charge < -0.3 is 24.4 Å². The van der Waals surface area contributed by atoms with Gasteiger partial charge in [0.25, 0.3) is 0 Å². The summed E-state index contributed by atoms with van der Waals surface area (Å²) in [7, 11) is 0. The molecule has 4 aromatic carbocycles. The minimum Gasteiger partial charge on any atom is -0.489 e. The molecule has 0 spiro atoms. The Morgan fingerprint density at radius 2 is 1.67 bits per heavy atom. The highest BCUT2D eigenvalue weighted by Crippen LogP contribution is 2.44. The molecule has 2 heterocycles. The second kappa shape index (κ2) is 11.2. The number of esters is 1. The zero-order valence-corrected chi connectivity index (χ0v) is 23.7. The van der Waals surface area contributed by atoms with Crippen LogP contribution in [0.4, 0.5) is 0 Å². The molecule has 0 radical (unpaired) electrons. The Balaban J connectivity index is 1.24. The summed E-state index contributed by atoms with van der Waals surface area (Å²) in [6, 6.07) is 27.1. The second-order valence-corrected chi connectivity index (χ2v) is 10.6. The van der Waals surface area contributed by atoms with Crippen molar-refractivity contribution in [2.45, 2.75) is 19.4 Å². The Kier molecular flexibility index (Phi) is 7.26. The van der Waals surface area contributed by atoms with Crippen LogP contribution >= 0.6 is 23.2 Å². The largest absolute Gasteiger partial charge is 0.489 e. The lowest BCUT2D eigenvalue weighted by molar-refractivity contribution is 0.0702. The summed E-state index contributed by atoms with van der Waals surface area (Å²) < 4.78 is 23.1. The first-order valence-corrected chi connectivity index (χ1v) is 13.7. The van der Waals surface area contributed by atoms with Crippen LogP contribution in [-0.4, -0.2) is 5.97 Å². The molecule has 2 N–H and O–H groups in total. The van der Waals surface area contributed by atoms with Crippen LogP contribution in [0.15, 0.2) is 101 Å². The first-order chi connectivity index (χ1) is 20.3. The van der Waals surface area contributed by atoms with Gasteiger partial charge in [0.1, 0.15) is 41.1 Å². The van der Waals surface area contributed by atoms with E-state index in [2.05, 4.69) is 6.07 Å². The highest BCUT2D eigenvalue weighted by Gasteiger charge is 2.31. The van der Waals surface area contributed by atoms with Crippen molar-refractivity contribution in [1.29, 1.82) is 5.26 Å². The van der Waals surface area contributed by atoms with Gasteiger partial charge in [-0.2, -0.15) is 5.26 Å². The van der Waals surface area contributed by atoms with E-state index in [4.69, 9.17) is 47.6 Å². The number of carbonyl (C=O) groups excluding carboxylic acids is 1. The highest BCUT2D eigenvalue weighted by molar-refractivity contribution is 6.31. The van der Waals surface area contributed by atoms with Gasteiger partial charge in [-0.05, 0) is 66.6 Å². The summed E-state index contributed by atoms with van der Waals surface area (Å²) >= 11 is 12.1. The van der Waals surface area contributed by atoms with Crippen molar-refractivity contribution in [3.8, 4) is 23.3 Å². The van der Waals surface area contributed by atoms with Gasteiger partial charge in [-0.25, -0.2) is 4.79 Å². The van der Waals surface area contributed by atoms with Gasteiger partial charge in [0, 0.05) is 32.6 Å². The van der Waals surface area contributed by atoms with Crippen LogP contribution in [0.3, 0.4) is 0 Å². The number of ether oxygens (including phenoxy) is 3. The number of hydrogen-bond donors (Lipinski definition) is 1. The molecule has 0 saturated carbocycles. The van der Waals surface area contributed by atoms with E-state index in [1.807, 2.05) is 48.5 Å². The molecule has 5 aromatic rings. The van der Waals surface area contributed by atoms with Gasteiger partial charge in [0.05, 0.1) is 5.92 Å². The number of rotatable bonds is 6. The van der Waals surface area contributed by atoms with Crippen molar-refractivity contribution in [2.75, 3.05) is 0 Å². The summed E-state index contributed by atoms with van der Waals surface area (Å²) in [5.74, 6) is 0.174. The molecule has 42 heavy (non-hydrogen) atoms. The van der Waals surface area contributed by atoms with Crippen LogP contribution in [0.5, 0.6) is 17.2 Å². The molecule has 0 fully saturated rings. The minimum atomic E-state index is -0.664. The maximum absolute atomic E-state index is 13.0. The Hall–Kier alpha value is -4.90. The normalized spacial score (nSPS) is 14.2. The maximum Gasteiger partial charge on any atom is 0.379 e. The van der Waals surface area contributed by atoms with Crippen LogP contribution in [-0.2, 0) is 6.61 Å². The number of nitriles is 1. The summed E-state index contributed by atoms with van der Waals surface area (Å²) in [5.41, 5.74) is 10.1. The van der Waals surface area contributed by atoms with Crippen LogP contribution in [0.2, 0.25) is 10.0 Å². The van der Waals surface area contributed by atoms with Gasteiger partial charge in [-0.3, -0.25) is 0 Å². The van der Waals surface area contributed by atoms with Crippen molar-refractivity contribution in [3.05, 3.63) is 134 Å². The minimum absolute atomic E-state index is 0.0217. The molecular formula is C33H22Cl2N2O5. The fraction of sp³-hybridized carbons (Fsp3) is 0.0909. The predicted molar refractivity (Wildman–Crippen MR) is 159 cm³/mol. The van der Waals surface area contributed by atoms with Gasteiger partial charge in [0.2, 0.25) is 11.6 Å². The number of fused-ring (bicyclic) bond motifs is 2. The molecule has 208 valence electrons. The van der Waals surface area contributed by atoms with E-state index in [-0.39, 0.29) is 23.0 Å². The average Bonchev–Trinajstić information content (AvgIpc) is 3.32. The molecule has 1 aromatic heterocycles.